The van der Waals surface area contributed by atoms with Crippen molar-refractivity contribution in [1.82, 2.24) is 0 Å². The lowest BCUT2D eigenvalue weighted by Crippen LogP contribution is -2.28. The van der Waals surface area contributed by atoms with Crippen molar-refractivity contribution >= 4 is 22.7 Å². The highest BCUT2D eigenvalue weighted by molar-refractivity contribution is 7.86. The molecule has 2 atom stereocenters. The zero-order valence-corrected chi connectivity index (χ0v) is 16.5. The number of hydrogen-bond donors (Lipinski definition) is 1. The molecular weight excluding hydrogens is 380 g/mol. The van der Waals surface area contributed by atoms with Crippen molar-refractivity contribution in [2.24, 2.45) is 0 Å². The van der Waals surface area contributed by atoms with E-state index in [0.29, 0.717) is 37.2 Å². The summed E-state index contributed by atoms with van der Waals surface area (Å²) in [6.45, 7) is 0.314. The third kappa shape index (κ3) is 6.81. The molecule has 1 N–H and O–H groups in total. The van der Waals surface area contributed by atoms with E-state index in [9.17, 15) is 18.9 Å². The van der Waals surface area contributed by atoms with Crippen LogP contribution < -0.4 is 4.74 Å². The maximum Gasteiger partial charge on any atom is 0.337 e. The molecule has 0 fully saturated rings. The van der Waals surface area contributed by atoms with E-state index >= 15 is 0 Å². The second-order valence-corrected chi connectivity index (χ2v) is 7.89. The van der Waals surface area contributed by atoms with E-state index in [1.54, 1.807) is 24.3 Å². The average molecular weight is 404 g/mol. The first-order valence-corrected chi connectivity index (χ1v) is 10.3. The second kappa shape index (κ2) is 11.2. The zero-order chi connectivity index (χ0) is 20.4. The molecule has 0 bridgehead atoms. The van der Waals surface area contributed by atoms with Gasteiger partial charge in [0, 0.05) is 16.6 Å². The van der Waals surface area contributed by atoms with Crippen molar-refractivity contribution in [2.45, 2.75) is 24.5 Å². The summed E-state index contributed by atoms with van der Waals surface area (Å²) in [7, 11) is -0.155. The van der Waals surface area contributed by atoms with Crippen molar-refractivity contribution < 1.29 is 28.4 Å². The topological polar surface area (TPSA) is 89.9 Å². The van der Waals surface area contributed by atoms with Crippen LogP contribution in [0.3, 0.4) is 0 Å². The van der Waals surface area contributed by atoms with Crippen LogP contribution in [0.5, 0.6) is 5.75 Å². The van der Waals surface area contributed by atoms with E-state index in [1.165, 1.54) is 7.11 Å². The van der Waals surface area contributed by atoms with Gasteiger partial charge in [0.05, 0.1) is 19.3 Å². The molecule has 0 aliphatic heterocycles. The van der Waals surface area contributed by atoms with Gasteiger partial charge in [-0.1, -0.05) is 30.3 Å². The van der Waals surface area contributed by atoms with Gasteiger partial charge in [0.2, 0.25) is 0 Å². The molecule has 2 aromatic carbocycles. The Balaban J connectivity index is 1.76. The first-order chi connectivity index (χ1) is 13.5. The minimum absolute atomic E-state index is 0.256. The molecule has 0 saturated carbocycles. The summed E-state index contributed by atoms with van der Waals surface area (Å²) in [6, 6.07) is 16.1. The molecule has 0 aliphatic rings. The average Bonchev–Trinajstić information content (AvgIpc) is 2.71. The normalized spacial score (nSPS) is 12.8. The first-order valence-electron chi connectivity index (χ1n) is 8.96. The van der Waals surface area contributed by atoms with Crippen molar-refractivity contribution in [3.63, 3.8) is 0 Å². The van der Waals surface area contributed by atoms with Gasteiger partial charge in [-0.2, -0.15) is 0 Å². The number of carbonyl (C=O) groups is 2. The van der Waals surface area contributed by atoms with E-state index in [4.69, 9.17) is 4.74 Å². The number of rotatable bonds is 11. The Morgan fingerprint density at radius 3 is 2.36 bits per heavy atom. The fourth-order valence-corrected chi connectivity index (χ4v) is 3.94. The standard InChI is InChI=1S/C21H24O6S/c1-26-21(24)17-9-11-18(12-10-17)27-14-5-15-28(25)19(20(22)23)13-8-16-6-3-2-4-7-16/h2-4,6-7,9-12,19H,5,8,13-15H2,1H3,(H,22,23). The molecule has 2 rings (SSSR count). The number of ether oxygens (including phenoxy) is 2. The van der Waals surface area contributed by atoms with Crippen LogP contribution in [0.25, 0.3) is 0 Å². The SMILES string of the molecule is COC(=O)c1ccc(OCCCS(=O)C(CCc2ccccc2)C(=O)O)cc1. The van der Waals surface area contributed by atoms with Crippen LogP contribution >= 0.6 is 0 Å². The molecule has 0 amide bonds. The third-order valence-corrected chi connectivity index (χ3v) is 5.93. The number of aliphatic carboxylic acids is 1. The highest BCUT2D eigenvalue weighted by Gasteiger charge is 2.24. The number of methoxy groups -OCH3 is 1. The number of esters is 1. The van der Waals surface area contributed by atoms with E-state index in [2.05, 4.69) is 4.74 Å². The van der Waals surface area contributed by atoms with Gasteiger partial charge in [0.1, 0.15) is 11.0 Å². The summed E-state index contributed by atoms with van der Waals surface area (Å²) < 4.78 is 22.6. The van der Waals surface area contributed by atoms with E-state index in [0.717, 1.165) is 5.56 Å². The molecular formula is C21H24O6S. The molecule has 150 valence electrons. The lowest BCUT2D eigenvalue weighted by atomic mass is 10.1. The Labute approximate surface area is 166 Å². The van der Waals surface area contributed by atoms with Gasteiger partial charge in [-0.25, -0.2) is 4.79 Å². The number of carboxylic acid groups (broad SMARTS) is 1. The lowest BCUT2D eigenvalue weighted by molar-refractivity contribution is -0.136. The number of carbonyl (C=O) groups excluding carboxylic acids is 1. The highest BCUT2D eigenvalue weighted by Crippen LogP contribution is 2.14. The van der Waals surface area contributed by atoms with Crippen molar-refractivity contribution in [1.29, 1.82) is 0 Å². The monoisotopic (exact) mass is 404 g/mol. The van der Waals surface area contributed by atoms with Gasteiger partial charge in [0.15, 0.2) is 0 Å². The molecule has 28 heavy (non-hydrogen) atoms. The summed E-state index contributed by atoms with van der Waals surface area (Å²) >= 11 is 0. The van der Waals surface area contributed by atoms with Crippen LogP contribution in [-0.4, -0.2) is 46.0 Å². The van der Waals surface area contributed by atoms with Crippen LogP contribution in [0.1, 0.15) is 28.8 Å². The van der Waals surface area contributed by atoms with Crippen LogP contribution in [0, 0.1) is 0 Å². The van der Waals surface area contributed by atoms with E-state index in [1.807, 2.05) is 30.3 Å². The lowest BCUT2D eigenvalue weighted by Gasteiger charge is -2.13. The van der Waals surface area contributed by atoms with Gasteiger partial charge in [0.25, 0.3) is 0 Å². The number of carboxylic acids is 1. The van der Waals surface area contributed by atoms with Crippen LogP contribution in [0.15, 0.2) is 54.6 Å². The van der Waals surface area contributed by atoms with Gasteiger partial charge >= 0.3 is 11.9 Å². The summed E-state index contributed by atoms with van der Waals surface area (Å²) in [5.41, 5.74) is 1.46. The summed E-state index contributed by atoms with van der Waals surface area (Å²) in [4.78, 5) is 22.8. The smallest absolute Gasteiger partial charge is 0.337 e. The van der Waals surface area contributed by atoms with Crippen LogP contribution in [0.4, 0.5) is 0 Å². The van der Waals surface area contributed by atoms with Crippen molar-refractivity contribution in [3.8, 4) is 5.75 Å². The molecule has 0 aliphatic carbocycles. The van der Waals surface area contributed by atoms with Crippen molar-refractivity contribution in [3.05, 3.63) is 65.7 Å². The molecule has 0 spiro atoms. The third-order valence-electron chi connectivity index (χ3n) is 4.16. The Hall–Kier alpha value is -2.67. The molecule has 6 nitrogen and oxygen atoms in total. The molecule has 7 heteroatoms. The minimum Gasteiger partial charge on any atom is -0.494 e. The Bertz CT molecular complexity index is 788. The molecule has 0 radical (unpaired) electrons. The molecule has 2 aromatic rings. The second-order valence-electron chi connectivity index (χ2n) is 6.15. The predicted octanol–water partition coefficient (Wildman–Crippen LogP) is 3.08. The fraction of sp³-hybridized carbons (Fsp3) is 0.333. The predicted molar refractivity (Wildman–Crippen MR) is 107 cm³/mol. The number of benzene rings is 2. The zero-order valence-electron chi connectivity index (χ0n) is 15.7. The Kier molecular flexibility index (Phi) is 8.68. The first kappa shape index (κ1) is 21.6. The summed E-state index contributed by atoms with van der Waals surface area (Å²) in [5.74, 6) is -0.616. The maximum absolute atomic E-state index is 12.4. The molecule has 0 aromatic heterocycles. The summed E-state index contributed by atoms with van der Waals surface area (Å²) in [6.07, 6.45) is 1.38. The van der Waals surface area contributed by atoms with E-state index < -0.39 is 28.0 Å². The van der Waals surface area contributed by atoms with Gasteiger partial charge in [-0.3, -0.25) is 9.00 Å². The summed E-state index contributed by atoms with van der Waals surface area (Å²) in [5, 5.41) is 8.50. The molecule has 0 heterocycles. The number of hydrogen-bond acceptors (Lipinski definition) is 5. The van der Waals surface area contributed by atoms with Crippen molar-refractivity contribution in [2.75, 3.05) is 19.5 Å². The largest absolute Gasteiger partial charge is 0.494 e. The van der Waals surface area contributed by atoms with Gasteiger partial charge in [-0.05, 0) is 49.1 Å². The maximum atomic E-state index is 12.4. The fourth-order valence-electron chi connectivity index (χ4n) is 2.65. The molecule has 0 saturated heterocycles. The van der Waals surface area contributed by atoms with Crippen LogP contribution in [0.2, 0.25) is 0 Å². The Morgan fingerprint density at radius 1 is 1.07 bits per heavy atom. The van der Waals surface area contributed by atoms with E-state index in [-0.39, 0.29) is 5.75 Å². The minimum atomic E-state index is -1.47. The van der Waals surface area contributed by atoms with Crippen LogP contribution in [-0.2, 0) is 26.8 Å². The number of aryl methyl sites for hydroxylation is 1. The highest BCUT2D eigenvalue weighted by atomic mass is 32.2. The van der Waals surface area contributed by atoms with Gasteiger partial charge in [-0.15, -0.1) is 0 Å². The van der Waals surface area contributed by atoms with Gasteiger partial charge < -0.3 is 14.6 Å². The quantitative estimate of drug-likeness (QED) is 0.457. The Morgan fingerprint density at radius 2 is 1.75 bits per heavy atom. The molecule has 2 unspecified atom stereocenters.